The summed E-state index contributed by atoms with van der Waals surface area (Å²) < 4.78 is 39.1. The molecule has 1 aliphatic carbocycles. The molecular weight excluding hydrogens is 371 g/mol. The van der Waals surface area contributed by atoms with Gasteiger partial charge in [-0.15, -0.1) is 0 Å². The Hall–Kier alpha value is -1.79. The molecule has 2 aromatic rings. The van der Waals surface area contributed by atoms with Crippen LogP contribution in [0, 0.1) is 5.92 Å². The van der Waals surface area contributed by atoms with Gasteiger partial charge in [0.1, 0.15) is 5.67 Å². The Bertz CT molecular complexity index is 718. The Morgan fingerprint density at radius 1 is 0.828 bits per heavy atom. The molecule has 0 spiro atoms. The van der Waals surface area contributed by atoms with Gasteiger partial charge in [-0.3, -0.25) is 0 Å². The lowest BCUT2D eigenvalue weighted by Crippen LogP contribution is -2.69. The third-order valence-corrected chi connectivity index (χ3v) is 5.32. The lowest BCUT2D eigenvalue weighted by Gasteiger charge is -2.56. The molecule has 0 bridgehead atoms. The molecular formula is C24H31FO4. The second kappa shape index (κ2) is 10.3. The molecule has 4 nitrogen and oxygen atoms in total. The SMILES string of the molecule is CCOC1(OCC)C[C@@](F)(COCc2ccccc2)[C@H]1COCc1ccccc1. The first kappa shape index (κ1) is 21.9. The quantitative estimate of drug-likeness (QED) is 0.473. The zero-order chi connectivity index (χ0) is 20.6. The highest BCUT2D eigenvalue weighted by Crippen LogP contribution is 2.53. The van der Waals surface area contributed by atoms with Crippen LogP contribution >= 0.6 is 0 Å². The van der Waals surface area contributed by atoms with Crippen molar-refractivity contribution in [2.24, 2.45) is 5.92 Å². The molecule has 0 amide bonds. The minimum Gasteiger partial charge on any atom is -0.376 e. The van der Waals surface area contributed by atoms with Crippen LogP contribution in [0.15, 0.2) is 60.7 Å². The van der Waals surface area contributed by atoms with Crippen LogP contribution in [0.5, 0.6) is 0 Å². The molecule has 29 heavy (non-hydrogen) atoms. The molecule has 0 radical (unpaired) electrons. The lowest BCUT2D eigenvalue weighted by molar-refractivity contribution is -0.369. The summed E-state index contributed by atoms with van der Waals surface area (Å²) in [7, 11) is 0. The second-order valence-electron chi connectivity index (χ2n) is 7.42. The summed E-state index contributed by atoms with van der Waals surface area (Å²) in [5.41, 5.74) is 0.527. The van der Waals surface area contributed by atoms with Gasteiger partial charge in [0.15, 0.2) is 5.79 Å². The van der Waals surface area contributed by atoms with E-state index in [9.17, 15) is 0 Å². The third kappa shape index (κ3) is 5.43. The van der Waals surface area contributed by atoms with Crippen molar-refractivity contribution in [2.45, 2.75) is 44.9 Å². The number of hydrogen-bond acceptors (Lipinski definition) is 4. The molecule has 0 aliphatic heterocycles. The van der Waals surface area contributed by atoms with Crippen LogP contribution in [0.1, 0.15) is 31.4 Å². The summed E-state index contributed by atoms with van der Waals surface area (Å²) in [6.45, 7) is 5.70. The zero-order valence-corrected chi connectivity index (χ0v) is 17.3. The molecule has 1 aliphatic rings. The number of halogens is 1. The average Bonchev–Trinajstić information content (AvgIpc) is 2.73. The van der Waals surface area contributed by atoms with Crippen molar-refractivity contribution in [1.29, 1.82) is 0 Å². The highest BCUT2D eigenvalue weighted by molar-refractivity contribution is 5.15. The minimum atomic E-state index is -1.55. The van der Waals surface area contributed by atoms with Crippen molar-refractivity contribution in [3.05, 3.63) is 71.8 Å². The van der Waals surface area contributed by atoms with Gasteiger partial charge in [0.25, 0.3) is 0 Å². The van der Waals surface area contributed by atoms with Gasteiger partial charge in [-0.1, -0.05) is 60.7 Å². The first-order valence-corrected chi connectivity index (χ1v) is 10.3. The van der Waals surface area contributed by atoms with Crippen LogP contribution in [0.25, 0.3) is 0 Å². The molecule has 3 rings (SSSR count). The molecule has 0 aromatic heterocycles. The number of alkyl halides is 1. The van der Waals surface area contributed by atoms with Crippen molar-refractivity contribution in [1.82, 2.24) is 0 Å². The predicted molar refractivity (Wildman–Crippen MR) is 110 cm³/mol. The van der Waals surface area contributed by atoms with Crippen LogP contribution in [0.4, 0.5) is 4.39 Å². The van der Waals surface area contributed by atoms with Crippen LogP contribution in [0.2, 0.25) is 0 Å². The summed E-state index contributed by atoms with van der Waals surface area (Å²) in [6, 6.07) is 19.6. The minimum absolute atomic E-state index is 0.0108. The van der Waals surface area contributed by atoms with E-state index in [1.54, 1.807) is 0 Å². The van der Waals surface area contributed by atoms with Gasteiger partial charge in [-0.05, 0) is 25.0 Å². The first-order chi connectivity index (χ1) is 14.1. The topological polar surface area (TPSA) is 36.9 Å². The standard InChI is InChI=1S/C24H31FO4/c1-3-28-24(29-4-2)18-23(25,19-27-16-21-13-9-6-10-14-21)22(24)17-26-15-20-11-7-5-8-12-20/h5-14,22H,3-4,15-19H2,1-2H3/t22-,23-/m1/s1. The fraction of sp³-hybridized carbons (Fsp3) is 0.500. The van der Waals surface area contributed by atoms with Crippen LogP contribution in [-0.4, -0.2) is 37.9 Å². The molecule has 0 heterocycles. The fourth-order valence-electron chi connectivity index (χ4n) is 3.96. The molecule has 158 valence electrons. The smallest absolute Gasteiger partial charge is 0.179 e. The number of rotatable bonds is 12. The zero-order valence-electron chi connectivity index (χ0n) is 17.3. The molecule has 0 N–H and O–H groups in total. The van der Waals surface area contributed by atoms with Crippen molar-refractivity contribution < 1.29 is 23.3 Å². The molecule has 2 aromatic carbocycles. The maximum atomic E-state index is 15.8. The van der Waals surface area contributed by atoms with E-state index in [2.05, 4.69) is 0 Å². The second-order valence-corrected chi connectivity index (χ2v) is 7.42. The van der Waals surface area contributed by atoms with Gasteiger partial charge < -0.3 is 18.9 Å². The molecule has 0 unspecified atom stereocenters. The number of hydrogen-bond donors (Lipinski definition) is 0. The van der Waals surface area contributed by atoms with E-state index in [4.69, 9.17) is 18.9 Å². The van der Waals surface area contributed by atoms with Gasteiger partial charge in [-0.25, -0.2) is 4.39 Å². The van der Waals surface area contributed by atoms with E-state index >= 15 is 4.39 Å². The average molecular weight is 403 g/mol. The van der Waals surface area contributed by atoms with Gasteiger partial charge in [0.2, 0.25) is 0 Å². The Kier molecular flexibility index (Phi) is 7.78. The fourth-order valence-corrected chi connectivity index (χ4v) is 3.96. The molecule has 5 heteroatoms. The monoisotopic (exact) mass is 402 g/mol. The largest absolute Gasteiger partial charge is 0.376 e. The van der Waals surface area contributed by atoms with E-state index < -0.39 is 17.4 Å². The van der Waals surface area contributed by atoms with Crippen LogP contribution in [0.3, 0.4) is 0 Å². The third-order valence-electron chi connectivity index (χ3n) is 5.32. The van der Waals surface area contributed by atoms with Crippen LogP contribution in [-0.2, 0) is 32.2 Å². The van der Waals surface area contributed by atoms with E-state index in [0.29, 0.717) is 26.4 Å². The number of ether oxygens (including phenoxy) is 4. The Morgan fingerprint density at radius 3 is 1.86 bits per heavy atom. The highest BCUT2D eigenvalue weighted by atomic mass is 19.1. The van der Waals surface area contributed by atoms with Crippen molar-refractivity contribution >= 4 is 0 Å². The summed E-state index contributed by atoms with van der Waals surface area (Å²) in [5.74, 6) is -1.50. The van der Waals surface area contributed by atoms with Crippen molar-refractivity contribution in [3.63, 3.8) is 0 Å². The van der Waals surface area contributed by atoms with E-state index in [1.807, 2.05) is 74.5 Å². The molecule has 1 saturated carbocycles. The van der Waals surface area contributed by atoms with E-state index in [0.717, 1.165) is 11.1 Å². The predicted octanol–water partition coefficient (Wildman–Crippen LogP) is 4.92. The lowest BCUT2D eigenvalue weighted by atomic mass is 9.65. The van der Waals surface area contributed by atoms with Crippen molar-refractivity contribution in [2.75, 3.05) is 26.4 Å². The first-order valence-electron chi connectivity index (χ1n) is 10.3. The van der Waals surface area contributed by atoms with Crippen LogP contribution < -0.4 is 0 Å². The van der Waals surface area contributed by atoms with Gasteiger partial charge >= 0.3 is 0 Å². The van der Waals surface area contributed by atoms with Gasteiger partial charge in [0, 0.05) is 19.6 Å². The Labute approximate surface area is 172 Å². The molecule has 2 atom stereocenters. The normalized spacial score (nSPS) is 22.9. The maximum Gasteiger partial charge on any atom is 0.179 e. The summed E-state index contributed by atoms with van der Waals surface area (Å²) >= 11 is 0. The number of benzene rings is 2. The summed E-state index contributed by atoms with van der Waals surface area (Å²) in [4.78, 5) is 0. The maximum absolute atomic E-state index is 15.8. The van der Waals surface area contributed by atoms with Crippen molar-refractivity contribution in [3.8, 4) is 0 Å². The molecule has 0 saturated heterocycles. The Morgan fingerprint density at radius 2 is 1.34 bits per heavy atom. The van der Waals surface area contributed by atoms with Gasteiger partial charge in [0.05, 0.1) is 32.3 Å². The highest BCUT2D eigenvalue weighted by Gasteiger charge is 2.66. The van der Waals surface area contributed by atoms with E-state index in [-0.39, 0.29) is 19.6 Å². The summed E-state index contributed by atoms with van der Waals surface area (Å²) in [5, 5.41) is 0. The Balaban J connectivity index is 1.62. The van der Waals surface area contributed by atoms with Gasteiger partial charge in [-0.2, -0.15) is 0 Å². The van der Waals surface area contributed by atoms with E-state index in [1.165, 1.54) is 0 Å². The molecule has 1 fully saturated rings. The summed E-state index contributed by atoms with van der Waals surface area (Å²) in [6.07, 6.45) is 0.149.